The molecule has 0 spiro atoms. The van der Waals surface area contributed by atoms with Gasteiger partial charge in [-0.3, -0.25) is 4.98 Å². The van der Waals surface area contributed by atoms with Crippen LogP contribution in [0.25, 0.3) is 0 Å². The van der Waals surface area contributed by atoms with Crippen LogP contribution in [-0.2, 0) is 15.1 Å². The summed E-state index contributed by atoms with van der Waals surface area (Å²) in [5.74, 6) is 0.749. The smallest absolute Gasteiger partial charge is 0.167 e. The van der Waals surface area contributed by atoms with Crippen molar-refractivity contribution in [3.63, 3.8) is 0 Å². The zero-order valence-electron chi connectivity index (χ0n) is 13.9. The Hall–Kier alpha value is -1.91. The molecule has 0 unspecified atom stereocenters. The van der Waals surface area contributed by atoms with Crippen LogP contribution in [0.2, 0.25) is 0 Å². The van der Waals surface area contributed by atoms with Gasteiger partial charge in [0, 0.05) is 11.6 Å². The summed E-state index contributed by atoms with van der Waals surface area (Å²) in [6.07, 6.45) is 3.18. The Balaban J connectivity index is 1.51. The molecule has 1 saturated heterocycles. The lowest BCUT2D eigenvalue weighted by atomic mass is 9.66. The first-order valence-corrected chi connectivity index (χ1v) is 7.92. The third kappa shape index (κ3) is 2.96. The van der Waals surface area contributed by atoms with Gasteiger partial charge >= 0.3 is 0 Å². The maximum Gasteiger partial charge on any atom is 0.167 e. The van der Waals surface area contributed by atoms with E-state index < -0.39 is 0 Å². The SMILES string of the molecule is CC1(C)[C@H](OCCOc2cccnc2)O[C@]1(C)c1ccccc1. The fraction of sp³-hybridized carbons (Fsp3) is 0.421. The van der Waals surface area contributed by atoms with E-state index >= 15 is 0 Å². The van der Waals surface area contributed by atoms with Crippen LogP contribution in [0.3, 0.4) is 0 Å². The molecule has 4 nitrogen and oxygen atoms in total. The van der Waals surface area contributed by atoms with Gasteiger partial charge in [0.15, 0.2) is 6.29 Å². The topological polar surface area (TPSA) is 40.6 Å². The monoisotopic (exact) mass is 313 g/mol. The first-order chi connectivity index (χ1) is 11.0. The fourth-order valence-corrected chi connectivity index (χ4v) is 2.87. The molecule has 1 aromatic heterocycles. The van der Waals surface area contributed by atoms with E-state index in [0.29, 0.717) is 13.2 Å². The lowest BCUT2D eigenvalue weighted by Crippen LogP contribution is -2.63. The van der Waals surface area contributed by atoms with Crippen molar-refractivity contribution in [2.75, 3.05) is 13.2 Å². The zero-order chi connectivity index (χ0) is 16.3. The van der Waals surface area contributed by atoms with Crippen LogP contribution in [0.1, 0.15) is 26.3 Å². The van der Waals surface area contributed by atoms with Gasteiger partial charge in [-0.05, 0) is 24.6 Å². The minimum Gasteiger partial charge on any atom is -0.490 e. The summed E-state index contributed by atoms with van der Waals surface area (Å²) in [7, 11) is 0. The molecule has 1 fully saturated rings. The number of ether oxygens (including phenoxy) is 3. The molecule has 0 saturated carbocycles. The molecule has 1 aliphatic rings. The van der Waals surface area contributed by atoms with Gasteiger partial charge in [0.2, 0.25) is 0 Å². The molecule has 2 aromatic rings. The quantitative estimate of drug-likeness (QED) is 0.761. The standard InChI is InChI=1S/C19H23NO3/c1-18(2)17(22-13-12-21-16-10-7-11-20-14-16)23-19(18,3)15-8-5-4-6-9-15/h4-11,14,17H,12-13H2,1-3H3/t17-,19-/m1/s1. The summed E-state index contributed by atoms with van der Waals surface area (Å²) in [6, 6.07) is 14.0. The predicted octanol–water partition coefficient (Wildman–Crippen LogP) is 3.77. The Bertz CT molecular complexity index is 630. The second kappa shape index (κ2) is 6.30. The van der Waals surface area contributed by atoms with E-state index in [1.807, 2.05) is 30.3 Å². The van der Waals surface area contributed by atoms with Crippen LogP contribution in [-0.4, -0.2) is 24.5 Å². The number of rotatable bonds is 6. The summed E-state index contributed by atoms with van der Waals surface area (Å²) in [5, 5.41) is 0. The molecule has 2 heterocycles. The molecule has 122 valence electrons. The highest BCUT2D eigenvalue weighted by atomic mass is 16.7. The van der Waals surface area contributed by atoms with Crippen molar-refractivity contribution in [3.05, 3.63) is 60.4 Å². The van der Waals surface area contributed by atoms with E-state index in [9.17, 15) is 0 Å². The minimum atomic E-state index is -0.330. The van der Waals surface area contributed by atoms with Crippen molar-refractivity contribution in [1.29, 1.82) is 0 Å². The van der Waals surface area contributed by atoms with Gasteiger partial charge in [-0.25, -0.2) is 0 Å². The van der Waals surface area contributed by atoms with Gasteiger partial charge < -0.3 is 14.2 Å². The maximum absolute atomic E-state index is 6.09. The molecule has 0 amide bonds. The Kier molecular flexibility index (Phi) is 4.37. The molecule has 0 aliphatic carbocycles. The maximum atomic E-state index is 6.09. The third-order valence-electron chi connectivity index (χ3n) is 4.74. The Labute approximate surface area is 137 Å². The summed E-state index contributed by atoms with van der Waals surface area (Å²) < 4.78 is 17.5. The molecule has 0 radical (unpaired) electrons. The molecular weight excluding hydrogens is 290 g/mol. The van der Waals surface area contributed by atoms with Crippen LogP contribution < -0.4 is 4.74 Å². The van der Waals surface area contributed by atoms with Crippen molar-refractivity contribution in [3.8, 4) is 5.75 Å². The first kappa shape index (κ1) is 16.0. The van der Waals surface area contributed by atoms with E-state index in [1.165, 1.54) is 5.56 Å². The van der Waals surface area contributed by atoms with Gasteiger partial charge in [-0.15, -0.1) is 0 Å². The number of benzene rings is 1. The summed E-state index contributed by atoms with van der Waals surface area (Å²) in [4.78, 5) is 4.01. The number of pyridine rings is 1. The Morgan fingerprint density at radius 2 is 1.83 bits per heavy atom. The van der Waals surface area contributed by atoms with Gasteiger partial charge in [0.1, 0.15) is 18.0 Å². The first-order valence-electron chi connectivity index (χ1n) is 7.92. The summed E-state index contributed by atoms with van der Waals surface area (Å²) in [6.45, 7) is 7.43. The average Bonchev–Trinajstić information content (AvgIpc) is 2.59. The average molecular weight is 313 g/mol. The lowest BCUT2D eigenvalue weighted by molar-refractivity contribution is -0.395. The van der Waals surface area contributed by atoms with Gasteiger partial charge in [0.05, 0.1) is 12.8 Å². The second-order valence-corrected chi connectivity index (χ2v) is 6.48. The number of hydrogen-bond acceptors (Lipinski definition) is 4. The van der Waals surface area contributed by atoms with E-state index in [-0.39, 0.29) is 17.3 Å². The molecule has 0 bridgehead atoms. The van der Waals surface area contributed by atoms with Crippen molar-refractivity contribution >= 4 is 0 Å². The van der Waals surface area contributed by atoms with Crippen LogP contribution in [0, 0.1) is 5.41 Å². The van der Waals surface area contributed by atoms with Gasteiger partial charge in [0.25, 0.3) is 0 Å². The van der Waals surface area contributed by atoms with E-state index in [4.69, 9.17) is 14.2 Å². The molecule has 23 heavy (non-hydrogen) atoms. The predicted molar refractivity (Wildman–Crippen MR) is 88.1 cm³/mol. The minimum absolute atomic E-state index is 0.108. The van der Waals surface area contributed by atoms with Crippen LogP contribution in [0.15, 0.2) is 54.9 Å². The van der Waals surface area contributed by atoms with Crippen LogP contribution in [0.5, 0.6) is 5.75 Å². The normalized spacial score (nSPS) is 25.6. The zero-order valence-corrected chi connectivity index (χ0v) is 13.9. The van der Waals surface area contributed by atoms with Crippen molar-refractivity contribution in [1.82, 2.24) is 4.98 Å². The van der Waals surface area contributed by atoms with E-state index in [1.54, 1.807) is 12.4 Å². The third-order valence-corrected chi connectivity index (χ3v) is 4.74. The molecule has 2 atom stereocenters. The summed E-state index contributed by atoms with van der Waals surface area (Å²) >= 11 is 0. The molecule has 1 aromatic carbocycles. The van der Waals surface area contributed by atoms with Crippen molar-refractivity contribution in [2.45, 2.75) is 32.7 Å². The van der Waals surface area contributed by atoms with Crippen LogP contribution >= 0.6 is 0 Å². The van der Waals surface area contributed by atoms with Crippen molar-refractivity contribution < 1.29 is 14.2 Å². The second-order valence-electron chi connectivity index (χ2n) is 6.48. The Morgan fingerprint density at radius 3 is 2.48 bits per heavy atom. The van der Waals surface area contributed by atoms with Gasteiger partial charge in [-0.2, -0.15) is 0 Å². The van der Waals surface area contributed by atoms with Crippen molar-refractivity contribution in [2.24, 2.45) is 5.41 Å². The largest absolute Gasteiger partial charge is 0.490 e. The van der Waals surface area contributed by atoms with E-state index in [0.717, 1.165) is 5.75 Å². The van der Waals surface area contributed by atoms with E-state index in [2.05, 4.69) is 37.9 Å². The van der Waals surface area contributed by atoms with Gasteiger partial charge in [-0.1, -0.05) is 44.2 Å². The molecule has 4 heteroatoms. The highest BCUT2D eigenvalue weighted by molar-refractivity contribution is 5.27. The lowest BCUT2D eigenvalue weighted by Gasteiger charge is -2.59. The highest BCUT2D eigenvalue weighted by Crippen LogP contribution is 2.56. The summed E-state index contributed by atoms with van der Waals surface area (Å²) in [5.41, 5.74) is 0.739. The molecule has 0 N–H and O–H groups in total. The number of aromatic nitrogens is 1. The number of hydrogen-bond donors (Lipinski definition) is 0. The molecular formula is C19H23NO3. The Morgan fingerprint density at radius 1 is 1.04 bits per heavy atom. The van der Waals surface area contributed by atoms with Crippen LogP contribution in [0.4, 0.5) is 0 Å². The fourth-order valence-electron chi connectivity index (χ4n) is 2.87. The molecule has 3 rings (SSSR count). The highest BCUT2D eigenvalue weighted by Gasteiger charge is 2.60. The number of nitrogens with zero attached hydrogens (tertiary/aromatic N) is 1. The molecule has 1 aliphatic heterocycles.